The van der Waals surface area contributed by atoms with Crippen molar-refractivity contribution < 1.29 is 4.79 Å². The maximum Gasteiger partial charge on any atom is 0.247 e. The molecule has 0 aromatic carbocycles. The summed E-state index contributed by atoms with van der Waals surface area (Å²) in [7, 11) is 0. The molecule has 12 heavy (non-hydrogen) atoms. The molecule has 0 aromatic heterocycles. The number of hydrogen-bond donors (Lipinski definition) is 0. The smallest absolute Gasteiger partial charge is 0.247 e. The van der Waals surface area contributed by atoms with Gasteiger partial charge < -0.3 is 0 Å². The van der Waals surface area contributed by atoms with E-state index < -0.39 is 0 Å². The van der Waals surface area contributed by atoms with Crippen molar-refractivity contribution in [1.82, 2.24) is 0 Å². The molecule has 1 aliphatic rings. The first-order valence-electron chi connectivity index (χ1n) is 4.21. The molecule has 1 aliphatic heterocycles. The van der Waals surface area contributed by atoms with Gasteiger partial charge in [0.25, 0.3) is 0 Å². The second kappa shape index (κ2) is 3.21. The Hall–Kier alpha value is -0.310. The summed E-state index contributed by atoms with van der Waals surface area (Å²) in [5.41, 5.74) is 0. The minimum atomic E-state index is 0.0300. The minimum absolute atomic E-state index is 0.0300. The molecule has 0 bridgehead atoms. The van der Waals surface area contributed by atoms with Crippen LogP contribution in [0.15, 0.2) is 4.99 Å². The first-order valence-corrected chi connectivity index (χ1v) is 5.03. The molecular weight excluding hydrogens is 170 g/mol. The van der Waals surface area contributed by atoms with E-state index in [4.69, 9.17) is 0 Å². The van der Waals surface area contributed by atoms with Gasteiger partial charge in [0.1, 0.15) is 0 Å². The second-order valence-corrected chi connectivity index (χ2v) is 5.76. The van der Waals surface area contributed by atoms with Crippen molar-refractivity contribution >= 4 is 22.7 Å². The summed E-state index contributed by atoms with van der Waals surface area (Å²) in [6.45, 7) is 8.32. The molecule has 0 saturated heterocycles. The molecule has 1 rings (SSSR count). The van der Waals surface area contributed by atoms with Crippen molar-refractivity contribution in [2.24, 2.45) is 10.9 Å². The maximum atomic E-state index is 11.2. The van der Waals surface area contributed by atoms with E-state index in [1.165, 1.54) is 0 Å². The maximum absolute atomic E-state index is 11.2. The fourth-order valence-corrected chi connectivity index (χ4v) is 2.26. The van der Waals surface area contributed by atoms with Gasteiger partial charge >= 0.3 is 0 Å². The molecule has 0 saturated carbocycles. The fraction of sp³-hybridized carbons (Fsp3) is 0.778. The van der Waals surface area contributed by atoms with Gasteiger partial charge in [-0.3, -0.25) is 4.79 Å². The van der Waals surface area contributed by atoms with Crippen LogP contribution in [-0.2, 0) is 4.79 Å². The van der Waals surface area contributed by atoms with Gasteiger partial charge in [-0.2, -0.15) is 0 Å². The zero-order valence-corrected chi connectivity index (χ0v) is 8.86. The van der Waals surface area contributed by atoms with Gasteiger partial charge in [0, 0.05) is 17.1 Å². The van der Waals surface area contributed by atoms with Crippen molar-refractivity contribution in [3.8, 4) is 0 Å². The number of thioether (sulfide) groups is 1. The lowest BCUT2D eigenvalue weighted by atomic mass is 10.1. The highest BCUT2D eigenvalue weighted by atomic mass is 32.2. The number of nitrogens with zero attached hydrogens (tertiary/aromatic N) is 1. The van der Waals surface area contributed by atoms with E-state index in [9.17, 15) is 4.79 Å². The quantitative estimate of drug-likeness (QED) is 0.628. The van der Waals surface area contributed by atoms with Gasteiger partial charge in [-0.05, 0) is 13.8 Å². The molecule has 0 N–H and O–H groups in total. The van der Waals surface area contributed by atoms with E-state index in [1.807, 2.05) is 0 Å². The van der Waals surface area contributed by atoms with Crippen LogP contribution < -0.4 is 0 Å². The van der Waals surface area contributed by atoms with E-state index in [-0.39, 0.29) is 10.7 Å². The topological polar surface area (TPSA) is 29.4 Å². The zero-order chi connectivity index (χ0) is 9.35. The zero-order valence-electron chi connectivity index (χ0n) is 8.05. The normalized spacial score (nSPS) is 22.8. The van der Waals surface area contributed by atoms with Gasteiger partial charge in [0.05, 0.1) is 5.04 Å². The summed E-state index contributed by atoms with van der Waals surface area (Å²) < 4.78 is 0.0401. The van der Waals surface area contributed by atoms with Crippen molar-refractivity contribution in [2.75, 3.05) is 0 Å². The summed E-state index contributed by atoms with van der Waals surface area (Å²) >= 11 is 1.73. The van der Waals surface area contributed by atoms with Crippen LogP contribution in [0, 0.1) is 5.92 Å². The third-order valence-electron chi connectivity index (χ3n) is 1.69. The highest BCUT2D eigenvalue weighted by molar-refractivity contribution is 8.15. The molecule has 68 valence electrons. The van der Waals surface area contributed by atoms with E-state index in [1.54, 1.807) is 11.8 Å². The van der Waals surface area contributed by atoms with Crippen LogP contribution in [0.1, 0.15) is 34.1 Å². The van der Waals surface area contributed by atoms with Gasteiger partial charge in [0.15, 0.2) is 0 Å². The van der Waals surface area contributed by atoms with Crippen LogP contribution in [0.5, 0.6) is 0 Å². The van der Waals surface area contributed by atoms with Crippen molar-refractivity contribution in [2.45, 2.75) is 38.9 Å². The molecular formula is C9H15NOS. The Balaban J connectivity index is 2.84. The average molecular weight is 185 g/mol. The van der Waals surface area contributed by atoms with Crippen LogP contribution in [0.2, 0.25) is 0 Å². The van der Waals surface area contributed by atoms with Crippen molar-refractivity contribution in [3.05, 3.63) is 0 Å². The molecule has 1 heterocycles. The van der Waals surface area contributed by atoms with Crippen LogP contribution in [0.4, 0.5) is 0 Å². The average Bonchev–Trinajstić information content (AvgIpc) is 1.82. The number of aliphatic imine (C=N–C) groups is 1. The van der Waals surface area contributed by atoms with Crippen LogP contribution in [0.3, 0.4) is 0 Å². The van der Waals surface area contributed by atoms with Gasteiger partial charge in [-0.25, -0.2) is 4.99 Å². The summed E-state index contributed by atoms with van der Waals surface area (Å²) in [6.07, 6.45) is 0.563. The Kier molecular flexibility index (Phi) is 2.61. The third-order valence-corrected chi connectivity index (χ3v) is 3.16. The highest BCUT2D eigenvalue weighted by Crippen LogP contribution is 2.35. The fourth-order valence-electron chi connectivity index (χ4n) is 1.12. The number of carbonyl (C=O) groups excluding carboxylic acids is 1. The minimum Gasteiger partial charge on any atom is -0.273 e. The predicted octanol–water partition coefficient (Wildman–Crippen LogP) is 2.48. The molecule has 3 heteroatoms. The molecule has 0 radical (unpaired) electrons. The molecule has 2 nitrogen and oxygen atoms in total. The molecule has 0 fully saturated rings. The molecule has 0 atom stereocenters. The van der Waals surface area contributed by atoms with Crippen LogP contribution in [0.25, 0.3) is 0 Å². The predicted molar refractivity (Wildman–Crippen MR) is 53.6 cm³/mol. The van der Waals surface area contributed by atoms with Crippen LogP contribution >= 0.6 is 11.8 Å². The first-order chi connectivity index (χ1) is 5.41. The van der Waals surface area contributed by atoms with Gasteiger partial charge in [-0.15, -0.1) is 11.8 Å². The highest BCUT2D eigenvalue weighted by Gasteiger charge is 2.30. The van der Waals surface area contributed by atoms with Crippen molar-refractivity contribution in [3.63, 3.8) is 0 Å². The van der Waals surface area contributed by atoms with Crippen molar-refractivity contribution in [1.29, 1.82) is 0 Å². The Labute approximate surface area is 77.8 Å². The molecule has 1 amide bonds. The lowest BCUT2D eigenvalue weighted by molar-refractivity contribution is -0.118. The van der Waals surface area contributed by atoms with Gasteiger partial charge in [-0.1, -0.05) is 13.8 Å². The summed E-state index contributed by atoms with van der Waals surface area (Å²) in [4.78, 5) is 15.2. The van der Waals surface area contributed by atoms with E-state index >= 15 is 0 Å². The number of amides is 1. The Morgan fingerprint density at radius 2 is 2.08 bits per heavy atom. The lowest BCUT2D eigenvalue weighted by Crippen LogP contribution is -2.28. The van der Waals surface area contributed by atoms with Crippen LogP contribution in [-0.4, -0.2) is 15.7 Å². The largest absolute Gasteiger partial charge is 0.273 e. The number of hydrogen-bond acceptors (Lipinski definition) is 2. The Bertz CT molecular complexity index is 231. The standard InChI is InChI=1S/C9H15NOS/c1-6(2)8-10-7(11)5-9(3,4)12-8/h6H,5H2,1-4H3. The Morgan fingerprint density at radius 3 is 2.50 bits per heavy atom. The molecule has 0 unspecified atom stereocenters. The summed E-state index contributed by atoms with van der Waals surface area (Å²) in [6, 6.07) is 0. The summed E-state index contributed by atoms with van der Waals surface area (Å²) in [5, 5.41) is 0.983. The SMILES string of the molecule is CC(C)C1=NC(=O)CC(C)(C)S1. The second-order valence-electron chi connectivity index (χ2n) is 4.04. The third kappa shape index (κ3) is 2.34. The van der Waals surface area contributed by atoms with E-state index in [2.05, 4.69) is 32.7 Å². The monoisotopic (exact) mass is 185 g/mol. The van der Waals surface area contributed by atoms with E-state index in [0.717, 1.165) is 5.04 Å². The Morgan fingerprint density at radius 1 is 1.50 bits per heavy atom. The lowest BCUT2D eigenvalue weighted by Gasteiger charge is -2.28. The summed E-state index contributed by atoms with van der Waals surface area (Å²) in [5.74, 6) is 0.404. The first kappa shape index (κ1) is 9.78. The van der Waals surface area contributed by atoms with Gasteiger partial charge in [0.2, 0.25) is 5.91 Å². The molecule has 0 spiro atoms. The molecule has 0 aromatic rings. The number of rotatable bonds is 1. The number of carbonyl (C=O) groups is 1. The molecule has 0 aliphatic carbocycles. The van der Waals surface area contributed by atoms with E-state index in [0.29, 0.717) is 12.3 Å².